The van der Waals surface area contributed by atoms with Crippen molar-refractivity contribution < 1.29 is 19.4 Å². The fourth-order valence-electron chi connectivity index (χ4n) is 2.08. The van der Waals surface area contributed by atoms with Crippen molar-refractivity contribution in [2.24, 2.45) is 5.92 Å². The van der Waals surface area contributed by atoms with E-state index in [0.717, 1.165) is 29.4 Å². The van der Waals surface area contributed by atoms with Crippen molar-refractivity contribution in [2.45, 2.75) is 19.4 Å². The fourth-order valence-corrected chi connectivity index (χ4v) is 2.88. The second-order valence-electron chi connectivity index (χ2n) is 4.58. The molecule has 1 saturated heterocycles. The topological polar surface area (TPSA) is 75.6 Å². The van der Waals surface area contributed by atoms with Crippen LogP contribution in [0.2, 0.25) is 0 Å². The number of carbonyl (C=O) groups excluding carboxylic acids is 1. The predicted octanol–water partition coefficient (Wildman–Crippen LogP) is 1.89. The van der Waals surface area contributed by atoms with Crippen LogP contribution < -0.4 is 5.32 Å². The van der Waals surface area contributed by atoms with Gasteiger partial charge < -0.3 is 15.2 Å². The lowest BCUT2D eigenvalue weighted by Crippen LogP contribution is -2.33. The Hall–Kier alpha value is -1.66. The second kappa shape index (κ2) is 7.21. The zero-order valence-electron chi connectivity index (χ0n) is 11.0. The summed E-state index contributed by atoms with van der Waals surface area (Å²) in [6.45, 7) is 1.72. The second-order valence-corrected chi connectivity index (χ2v) is 5.58. The van der Waals surface area contributed by atoms with Gasteiger partial charge in [0.05, 0.1) is 6.54 Å². The van der Waals surface area contributed by atoms with Crippen LogP contribution in [0.5, 0.6) is 0 Å². The molecule has 0 aromatic carbocycles. The molecule has 1 aliphatic heterocycles. The van der Waals surface area contributed by atoms with Crippen LogP contribution in [0.15, 0.2) is 17.5 Å². The van der Waals surface area contributed by atoms with Crippen LogP contribution in [0, 0.1) is 5.92 Å². The van der Waals surface area contributed by atoms with Crippen LogP contribution in [0.4, 0.5) is 0 Å². The van der Waals surface area contributed by atoms with Crippen molar-refractivity contribution in [1.82, 2.24) is 5.32 Å². The number of hydrogen-bond donors (Lipinski definition) is 2. The zero-order chi connectivity index (χ0) is 14.4. The first kappa shape index (κ1) is 14.7. The summed E-state index contributed by atoms with van der Waals surface area (Å²) in [4.78, 5) is 23.5. The van der Waals surface area contributed by atoms with Crippen LogP contribution in [-0.4, -0.2) is 30.2 Å². The fraction of sp³-hybridized carbons (Fsp3) is 0.429. The van der Waals surface area contributed by atoms with Gasteiger partial charge in [0.1, 0.15) is 0 Å². The largest absolute Gasteiger partial charge is 0.478 e. The number of carbonyl (C=O) groups is 2. The van der Waals surface area contributed by atoms with E-state index in [1.165, 1.54) is 11.3 Å². The average Bonchev–Trinajstić information content (AvgIpc) is 2.91. The molecule has 2 rings (SSSR count). The highest BCUT2D eigenvalue weighted by Gasteiger charge is 2.21. The molecule has 1 amide bonds. The van der Waals surface area contributed by atoms with Crippen LogP contribution >= 0.6 is 11.3 Å². The van der Waals surface area contributed by atoms with Crippen LogP contribution in [0.3, 0.4) is 0 Å². The molecular formula is C14H17NO4S. The van der Waals surface area contributed by atoms with Crippen molar-refractivity contribution in [3.05, 3.63) is 28.0 Å². The number of carboxylic acids is 1. The third-order valence-electron chi connectivity index (χ3n) is 3.20. The smallest absolute Gasteiger partial charge is 0.328 e. The van der Waals surface area contributed by atoms with E-state index in [9.17, 15) is 9.59 Å². The number of ether oxygens (including phenoxy) is 1. The standard InChI is InChI=1S/C14H17NO4S/c16-13(17)2-1-10-5-8-20-12(10)9-15-14(18)11-3-6-19-7-4-11/h1-2,5,8,11H,3-4,6-7,9H2,(H,15,18)(H,16,17)/b2-1+. The summed E-state index contributed by atoms with van der Waals surface area (Å²) in [5.74, 6) is -0.898. The number of hydrogen-bond acceptors (Lipinski definition) is 4. The molecule has 0 unspecified atom stereocenters. The molecule has 0 spiro atoms. The quantitative estimate of drug-likeness (QED) is 0.813. The van der Waals surface area contributed by atoms with E-state index >= 15 is 0 Å². The van der Waals surface area contributed by atoms with Gasteiger partial charge in [0.25, 0.3) is 0 Å². The molecule has 0 aliphatic carbocycles. The summed E-state index contributed by atoms with van der Waals surface area (Å²) in [5.41, 5.74) is 0.838. The van der Waals surface area contributed by atoms with E-state index in [-0.39, 0.29) is 11.8 Å². The molecule has 5 nitrogen and oxygen atoms in total. The van der Waals surface area contributed by atoms with E-state index in [0.29, 0.717) is 19.8 Å². The Balaban J connectivity index is 1.89. The van der Waals surface area contributed by atoms with Gasteiger partial charge >= 0.3 is 5.97 Å². The Morgan fingerprint density at radius 3 is 2.90 bits per heavy atom. The summed E-state index contributed by atoms with van der Waals surface area (Å²) >= 11 is 1.51. The maximum atomic E-state index is 12.0. The first-order valence-electron chi connectivity index (χ1n) is 6.49. The third kappa shape index (κ3) is 4.18. The summed E-state index contributed by atoms with van der Waals surface area (Å²) in [6.07, 6.45) is 4.19. The van der Waals surface area contributed by atoms with Gasteiger partial charge in [-0.25, -0.2) is 4.79 Å². The first-order chi connectivity index (χ1) is 9.66. The molecule has 0 radical (unpaired) electrons. The van der Waals surface area contributed by atoms with Crippen molar-refractivity contribution in [2.75, 3.05) is 13.2 Å². The summed E-state index contributed by atoms with van der Waals surface area (Å²) in [5, 5.41) is 13.4. The lowest BCUT2D eigenvalue weighted by molar-refractivity contribution is -0.131. The van der Waals surface area contributed by atoms with Gasteiger partial charge in [-0.1, -0.05) is 0 Å². The molecule has 0 saturated carbocycles. The minimum atomic E-state index is -0.978. The number of thiophene rings is 1. The molecule has 1 aromatic rings. The Bertz CT molecular complexity index is 503. The minimum absolute atomic E-state index is 0.0294. The van der Waals surface area contributed by atoms with E-state index in [4.69, 9.17) is 9.84 Å². The zero-order valence-corrected chi connectivity index (χ0v) is 11.8. The first-order valence-corrected chi connectivity index (χ1v) is 7.37. The Labute approximate surface area is 121 Å². The van der Waals surface area contributed by atoms with Crippen LogP contribution in [0.25, 0.3) is 6.08 Å². The molecule has 0 bridgehead atoms. The molecule has 1 fully saturated rings. The van der Waals surface area contributed by atoms with Crippen molar-refractivity contribution >= 4 is 29.3 Å². The normalized spacial score (nSPS) is 16.4. The summed E-state index contributed by atoms with van der Waals surface area (Å²) in [6, 6.07) is 1.85. The summed E-state index contributed by atoms with van der Waals surface area (Å²) in [7, 11) is 0. The van der Waals surface area contributed by atoms with Gasteiger partial charge in [-0.3, -0.25) is 4.79 Å². The third-order valence-corrected chi connectivity index (χ3v) is 4.14. The van der Waals surface area contributed by atoms with Crippen molar-refractivity contribution in [3.63, 3.8) is 0 Å². The van der Waals surface area contributed by atoms with E-state index in [2.05, 4.69) is 5.32 Å². The molecule has 1 aromatic heterocycles. The number of carboxylic acid groups (broad SMARTS) is 1. The van der Waals surface area contributed by atoms with Crippen LogP contribution in [-0.2, 0) is 20.9 Å². The summed E-state index contributed by atoms with van der Waals surface area (Å²) < 4.78 is 5.23. The number of rotatable bonds is 5. The molecule has 108 valence electrons. The molecule has 6 heteroatoms. The van der Waals surface area contributed by atoms with Gasteiger partial charge in [-0.05, 0) is 35.9 Å². The Morgan fingerprint density at radius 1 is 1.45 bits per heavy atom. The highest BCUT2D eigenvalue weighted by Crippen LogP contribution is 2.19. The lowest BCUT2D eigenvalue weighted by atomic mass is 9.99. The predicted molar refractivity (Wildman–Crippen MR) is 76.4 cm³/mol. The number of aliphatic carboxylic acids is 1. The molecular weight excluding hydrogens is 278 g/mol. The Kier molecular flexibility index (Phi) is 5.31. The monoisotopic (exact) mass is 295 g/mol. The minimum Gasteiger partial charge on any atom is -0.478 e. The Morgan fingerprint density at radius 2 is 2.20 bits per heavy atom. The maximum Gasteiger partial charge on any atom is 0.328 e. The lowest BCUT2D eigenvalue weighted by Gasteiger charge is -2.21. The van der Waals surface area contributed by atoms with E-state index in [1.54, 1.807) is 6.08 Å². The molecule has 0 atom stereocenters. The van der Waals surface area contributed by atoms with E-state index in [1.807, 2.05) is 11.4 Å². The van der Waals surface area contributed by atoms with Crippen LogP contribution in [0.1, 0.15) is 23.3 Å². The van der Waals surface area contributed by atoms with Gasteiger partial charge in [0.15, 0.2) is 0 Å². The van der Waals surface area contributed by atoms with Gasteiger partial charge in [0.2, 0.25) is 5.91 Å². The number of amides is 1. The van der Waals surface area contributed by atoms with E-state index < -0.39 is 5.97 Å². The molecule has 2 N–H and O–H groups in total. The van der Waals surface area contributed by atoms with Gasteiger partial charge in [-0.2, -0.15) is 0 Å². The molecule has 2 heterocycles. The van der Waals surface area contributed by atoms with Crippen molar-refractivity contribution in [1.29, 1.82) is 0 Å². The SMILES string of the molecule is O=C(O)/C=C/c1ccsc1CNC(=O)C1CCOCC1. The highest BCUT2D eigenvalue weighted by molar-refractivity contribution is 7.10. The molecule has 1 aliphatic rings. The van der Waals surface area contributed by atoms with Crippen molar-refractivity contribution in [3.8, 4) is 0 Å². The highest BCUT2D eigenvalue weighted by atomic mass is 32.1. The van der Waals surface area contributed by atoms with Gasteiger partial charge in [0, 0.05) is 30.1 Å². The molecule has 20 heavy (non-hydrogen) atoms. The number of nitrogens with one attached hydrogen (secondary N) is 1. The average molecular weight is 295 g/mol. The maximum absolute atomic E-state index is 12.0. The van der Waals surface area contributed by atoms with Gasteiger partial charge in [-0.15, -0.1) is 11.3 Å².